The van der Waals surface area contributed by atoms with Crippen molar-refractivity contribution in [3.05, 3.63) is 24.1 Å². The van der Waals surface area contributed by atoms with Gasteiger partial charge in [0.25, 0.3) is 0 Å². The number of allylic oxidation sites excluding steroid dienone is 4. The lowest BCUT2D eigenvalue weighted by molar-refractivity contribution is 0.319. The van der Waals surface area contributed by atoms with Crippen LogP contribution < -0.4 is 0 Å². The second kappa shape index (κ2) is 1.97. The van der Waals surface area contributed by atoms with Crippen LogP contribution in [0.5, 0.6) is 0 Å². The number of halogens is 2. The predicted octanol–water partition coefficient (Wildman–Crippen LogP) is 1.10. The molecule has 0 aromatic carbocycles. The van der Waals surface area contributed by atoms with Gasteiger partial charge in [-0.2, -0.15) is 0 Å². The van der Waals surface area contributed by atoms with Gasteiger partial charge in [-0.05, 0) is 6.08 Å². The zero-order valence-electron chi connectivity index (χ0n) is 5.20. The van der Waals surface area contributed by atoms with Crippen LogP contribution in [-0.4, -0.2) is 13.4 Å². The van der Waals surface area contributed by atoms with E-state index in [1.807, 2.05) is 0 Å². The smallest absolute Gasteiger partial charge is 0.156 e. The van der Waals surface area contributed by atoms with E-state index in [2.05, 4.69) is 0 Å². The van der Waals surface area contributed by atoms with Gasteiger partial charge in [-0.1, -0.05) is 12.2 Å². The minimum absolute atomic E-state index is 0.122. The first kappa shape index (κ1) is 6.52. The molecule has 0 spiro atoms. The van der Waals surface area contributed by atoms with Crippen molar-refractivity contribution in [3.8, 4) is 0 Å². The second-order valence-electron chi connectivity index (χ2n) is 2.43. The normalized spacial score (nSPS) is 34.2. The molecule has 0 amide bonds. The Morgan fingerprint density at radius 2 is 2.33 bits per heavy atom. The van der Waals surface area contributed by atoms with Gasteiger partial charge in [0.1, 0.15) is 5.83 Å². The molecule has 0 aliphatic heterocycles. The van der Waals surface area contributed by atoms with Crippen molar-refractivity contribution < 1.29 is 8.78 Å². The molecule has 0 fully saturated rings. The number of rotatable bonds is 0. The predicted molar refractivity (Wildman–Crippen MR) is 35.3 cm³/mol. The maximum absolute atomic E-state index is 12.8. The molecule has 3 heteroatoms. The molecular formula is C6H7BF2. The number of alkyl halides is 1. The van der Waals surface area contributed by atoms with E-state index in [0.29, 0.717) is 0 Å². The summed E-state index contributed by atoms with van der Waals surface area (Å²) in [7, 11) is 1.36. The van der Waals surface area contributed by atoms with Crippen LogP contribution in [0.25, 0.3) is 0 Å². The molecule has 1 aliphatic rings. The third kappa shape index (κ3) is 1.66. The van der Waals surface area contributed by atoms with Gasteiger partial charge in [-0.3, -0.25) is 0 Å². The Morgan fingerprint density at radius 3 is 2.67 bits per heavy atom. The molecule has 1 rings (SSSR count). The summed E-state index contributed by atoms with van der Waals surface area (Å²) >= 11 is 0. The zero-order chi connectivity index (χ0) is 6.91. The van der Waals surface area contributed by atoms with E-state index in [0.717, 1.165) is 0 Å². The Bertz CT molecular complexity index is 170. The Labute approximate surface area is 53.7 Å². The van der Waals surface area contributed by atoms with E-state index in [1.54, 1.807) is 0 Å². The third-order valence-electron chi connectivity index (χ3n) is 1.24. The molecule has 1 unspecified atom stereocenters. The highest BCUT2D eigenvalue weighted by Gasteiger charge is 2.22. The van der Waals surface area contributed by atoms with Crippen LogP contribution in [0, 0.1) is 0 Å². The first-order valence-electron chi connectivity index (χ1n) is 2.83. The van der Waals surface area contributed by atoms with Crippen LogP contribution in [0.4, 0.5) is 8.78 Å². The van der Waals surface area contributed by atoms with Gasteiger partial charge in [0, 0.05) is 6.42 Å². The summed E-state index contributed by atoms with van der Waals surface area (Å²) in [6.07, 6.45) is 3.92. The van der Waals surface area contributed by atoms with Crippen molar-refractivity contribution in [1.82, 2.24) is 0 Å². The van der Waals surface area contributed by atoms with Crippen molar-refractivity contribution in [2.45, 2.75) is 12.0 Å². The molecule has 0 radical (unpaired) electrons. The molecule has 0 saturated carbocycles. The molecule has 1 aliphatic carbocycles. The second-order valence-corrected chi connectivity index (χ2v) is 2.43. The highest BCUT2D eigenvalue weighted by Crippen LogP contribution is 2.23. The molecule has 0 saturated heterocycles. The van der Waals surface area contributed by atoms with Gasteiger partial charge in [0.15, 0.2) is 7.85 Å². The SMILES string of the molecule is BC1(F)C=CC=C(F)C1. The van der Waals surface area contributed by atoms with Crippen molar-refractivity contribution in [2.75, 3.05) is 0 Å². The summed E-state index contributed by atoms with van der Waals surface area (Å²) in [5, 5.41) is 0. The van der Waals surface area contributed by atoms with Crippen LogP contribution in [0.2, 0.25) is 0 Å². The lowest BCUT2D eigenvalue weighted by atomic mass is 9.78. The summed E-state index contributed by atoms with van der Waals surface area (Å²) in [5.74, 6) is -0.387. The van der Waals surface area contributed by atoms with Crippen LogP contribution in [0.3, 0.4) is 0 Å². The molecule has 1 atom stereocenters. The quantitative estimate of drug-likeness (QED) is 0.428. The molecule has 9 heavy (non-hydrogen) atoms. The molecular weight excluding hydrogens is 121 g/mol. The minimum atomic E-state index is -1.47. The lowest BCUT2D eigenvalue weighted by Gasteiger charge is -2.16. The molecule has 0 nitrogen and oxygen atoms in total. The fourth-order valence-corrected chi connectivity index (χ4v) is 0.801. The Hall–Kier alpha value is -0.595. The Balaban J connectivity index is 2.73. The van der Waals surface area contributed by atoms with E-state index in [4.69, 9.17) is 0 Å². The Morgan fingerprint density at radius 1 is 1.67 bits per heavy atom. The summed E-state index contributed by atoms with van der Waals surface area (Å²) in [6.45, 7) is 0. The molecule has 48 valence electrons. The van der Waals surface area contributed by atoms with Crippen molar-refractivity contribution in [2.24, 2.45) is 0 Å². The average molecular weight is 128 g/mol. The highest BCUT2D eigenvalue weighted by atomic mass is 19.1. The number of hydrogen-bond acceptors (Lipinski definition) is 0. The van der Waals surface area contributed by atoms with Crippen LogP contribution in [0.15, 0.2) is 24.1 Å². The van der Waals surface area contributed by atoms with Crippen molar-refractivity contribution in [3.63, 3.8) is 0 Å². The summed E-state index contributed by atoms with van der Waals surface area (Å²) in [6, 6.07) is 0. The van der Waals surface area contributed by atoms with E-state index < -0.39 is 5.57 Å². The highest BCUT2D eigenvalue weighted by molar-refractivity contribution is 6.16. The topological polar surface area (TPSA) is 0 Å². The third-order valence-corrected chi connectivity index (χ3v) is 1.24. The minimum Gasteiger partial charge on any atom is -0.249 e. The van der Waals surface area contributed by atoms with Gasteiger partial charge in [0.05, 0.1) is 5.57 Å². The Kier molecular flexibility index (Phi) is 1.43. The molecule has 0 heterocycles. The fraction of sp³-hybridized carbons (Fsp3) is 0.333. The summed E-state index contributed by atoms with van der Waals surface area (Å²) in [5.41, 5.74) is -1.47. The van der Waals surface area contributed by atoms with Gasteiger partial charge >= 0.3 is 0 Å². The molecule has 0 N–H and O–H groups in total. The summed E-state index contributed by atoms with van der Waals surface area (Å²) in [4.78, 5) is 0. The molecule has 0 aromatic rings. The fourth-order valence-electron chi connectivity index (χ4n) is 0.801. The first-order chi connectivity index (χ1) is 4.10. The standard InChI is InChI=1S/C6H7BF2/c7-6(9)3-1-2-5(8)4-6/h1-3H,4,7H2. The van der Waals surface area contributed by atoms with Crippen molar-refractivity contribution >= 4 is 7.85 Å². The van der Waals surface area contributed by atoms with Gasteiger partial charge < -0.3 is 0 Å². The van der Waals surface area contributed by atoms with Gasteiger partial charge in [0.2, 0.25) is 0 Å². The number of hydrogen-bond donors (Lipinski definition) is 0. The monoisotopic (exact) mass is 128 g/mol. The maximum atomic E-state index is 12.8. The van der Waals surface area contributed by atoms with Gasteiger partial charge in [-0.25, -0.2) is 8.78 Å². The molecule has 0 aromatic heterocycles. The van der Waals surface area contributed by atoms with Crippen LogP contribution in [0.1, 0.15) is 6.42 Å². The zero-order valence-corrected chi connectivity index (χ0v) is 5.20. The van der Waals surface area contributed by atoms with E-state index in [1.165, 1.54) is 26.1 Å². The summed E-state index contributed by atoms with van der Waals surface area (Å²) < 4.78 is 25.0. The molecule has 0 bridgehead atoms. The van der Waals surface area contributed by atoms with E-state index >= 15 is 0 Å². The van der Waals surface area contributed by atoms with Crippen molar-refractivity contribution in [1.29, 1.82) is 0 Å². The first-order valence-corrected chi connectivity index (χ1v) is 2.83. The average Bonchev–Trinajstić information content (AvgIpc) is 1.60. The maximum Gasteiger partial charge on any atom is 0.156 e. The van der Waals surface area contributed by atoms with Crippen LogP contribution in [-0.2, 0) is 0 Å². The van der Waals surface area contributed by atoms with E-state index in [-0.39, 0.29) is 12.2 Å². The van der Waals surface area contributed by atoms with Gasteiger partial charge in [-0.15, -0.1) is 0 Å². The van der Waals surface area contributed by atoms with E-state index in [9.17, 15) is 8.78 Å². The largest absolute Gasteiger partial charge is 0.249 e. The van der Waals surface area contributed by atoms with Crippen LogP contribution >= 0.6 is 0 Å². The lowest BCUT2D eigenvalue weighted by Crippen LogP contribution is -2.21.